The number of aliphatic hydroxyl groups is 1. The Kier molecular flexibility index (Phi) is 6.91. The summed E-state index contributed by atoms with van der Waals surface area (Å²) in [5.41, 5.74) is 1.26. The van der Waals surface area contributed by atoms with Crippen LogP contribution in [-0.4, -0.2) is 35.7 Å². The highest BCUT2D eigenvalue weighted by molar-refractivity contribution is 7.92. The summed E-state index contributed by atoms with van der Waals surface area (Å²) in [5.74, 6) is 0.440. The lowest BCUT2D eigenvalue weighted by Crippen LogP contribution is -2.27. The molecule has 0 radical (unpaired) electrons. The number of ether oxygens (including phenoxy) is 1. The maximum absolute atomic E-state index is 11.6. The highest BCUT2D eigenvalue weighted by Gasteiger charge is 2.50. The van der Waals surface area contributed by atoms with Crippen LogP contribution in [0.4, 0.5) is 0 Å². The highest BCUT2D eigenvalue weighted by Crippen LogP contribution is 2.45. The Bertz CT molecular complexity index is 571. The molecule has 1 aliphatic heterocycles. The second kappa shape index (κ2) is 8.95. The molecule has 3 rings (SSSR count). The van der Waals surface area contributed by atoms with Gasteiger partial charge in [-0.05, 0) is 37.2 Å². The Labute approximate surface area is 154 Å². The van der Waals surface area contributed by atoms with Crippen molar-refractivity contribution in [2.45, 2.75) is 56.8 Å². The van der Waals surface area contributed by atoms with Crippen molar-refractivity contribution in [1.82, 2.24) is 0 Å². The molecule has 136 valence electrons. The lowest BCUT2D eigenvalue weighted by molar-refractivity contribution is -0.141. The van der Waals surface area contributed by atoms with E-state index in [1.807, 2.05) is 18.2 Å². The third-order valence-electron chi connectivity index (χ3n) is 5.43. The van der Waals surface area contributed by atoms with Crippen LogP contribution in [-0.2, 0) is 20.6 Å². The Morgan fingerprint density at radius 1 is 1.28 bits per heavy atom. The molecule has 7 atom stereocenters. The molecule has 4 nitrogen and oxygen atoms in total. The van der Waals surface area contributed by atoms with E-state index < -0.39 is 0 Å². The Hall–Kier alpha value is -0.465. The van der Waals surface area contributed by atoms with E-state index in [9.17, 15) is 9.90 Å². The normalized spacial score (nSPS) is 29.3. The first kappa shape index (κ1) is 19.3. The number of esters is 1. The topological polar surface area (TPSA) is 55.8 Å². The smallest absolute Gasteiger partial charge is 0.336 e. The summed E-state index contributed by atoms with van der Waals surface area (Å²) in [6.45, 7) is 0. The van der Waals surface area contributed by atoms with Crippen molar-refractivity contribution in [3.05, 3.63) is 35.9 Å². The molecule has 7 heteroatoms. The molecule has 2 aliphatic rings. The fourth-order valence-corrected chi connectivity index (χ4v) is 4.63. The fourth-order valence-electron chi connectivity index (χ4n) is 4.22. The van der Waals surface area contributed by atoms with Crippen LogP contribution >= 0.6 is 18.2 Å². The van der Waals surface area contributed by atoms with E-state index in [1.165, 1.54) is 5.56 Å². The number of carbonyl (C=O) groups is 1. The first-order valence-corrected chi connectivity index (χ1v) is 10.4. The molecule has 1 N–H and O–H groups in total. The van der Waals surface area contributed by atoms with Crippen LogP contribution in [0.15, 0.2) is 30.3 Å². The first-order chi connectivity index (χ1) is 12.0. The number of fused-ring (bicyclic) bond motifs is 1. The van der Waals surface area contributed by atoms with Gasteiger partial charge in [-0.1, -0.05) is 30.3 Å². The number of rotatable bonds is 8. The third kappa shape index (κ3) is 5.26. The SMILES string of the molecule is O=C1C[C@@H]2[C@H](CC[C@@H](O)CCc3ccccc3)[C@H](OB(P)P)C[C@@H]2O1. The summed E-state index contributed by atoms with van der Waals surface area (Å²) in [7, 11) is 5.27. The quantitative estimate of drug-likeness (QED) is 0.428. The molecule has 0 spiro atoms. The minimum absolute atomic E-state index is 0.00212. The summed E-state index contributed by atoms with van der Waals surface area (Å²) in [6, 6.07) is 10.3. The lowest BCUT2D eigenvalue weighted by Gasteiger charge is -2.25. The molecule has 1 aromatic rings. The number of hydrogen-bond acceptors (Lipinski definition) is 4. The molecule has 0 bridgehead atoms. The minimum atomic E-state index is -0.319. The van der Waals surface area contributed by atoms with E-state index in [-0.39, 0.29) is 42.5 Å². The van der Waals surface area contributed by atoms with Gasteiger partial charge in [0, 0.05) is 18.4 Å². The molecule has 1 aliphatic carbocycles. The van der Waals surface area contributed by atoms with Crippen molar-refractivity contribution >= 4 is 30.6 Å². The Balaban J connectivity index is 1.51. The second-order valence-electron chi connectivity index (χ2n) is 7.19. The highest BCUT2D eigenvalue weighted by atomic mass is 31.1. The van der Waals surface area contributed by atoms with Gasteiger partial charge in [0.05, 0.1) is 12.5 Å². The summed E-state index contributed by atoms with van der Waals surface area (Å²) in [6.07, 6.45) is 4.33. The Morgan fingerprint density at radius 2 is 2.04 bits per heavy atom. The van der Waals surface area contributed by atoms with E-state index in [2.05, 4.69) is 30.4 Å². The zero-order valence-corrected chi connectivity index (χ0v) is 16.7. The largest absolute Gasteiger partial charge is 0.462 e. The summed E-state index contributed by atoms with van der Waals surface area (Å²) >= 11 is 0. The standard InChI is InChI=1S/C18H27BO4P2/c20-13(7-6-12-4-2-1-3-5-12)8-9-14-15-10-18(21)22-16(15)11-17(14)23-19(24)25/h1-5,13-17,20H,6-11,24-25H2/t13-,14-,15+,16-,17+/m0/s1. The molecule has 0 aromatic heterocycles. The van der Waals surface area contributed by atoms with E-state index >= 15 is 0 Å². The van der Waals surface area contributed by atoms with Crippen LogP contribution in [0.2, 0.25) is 0 Å². The number of aliphatic hydroxyl groups excluding tert-OH is 1. The van der Waals surface area contributed by atoms with E-state index in [0.717, 1.165) is 32.1 Å². The van der Waals surface area contributed by atoms with Crippen LogP contribution in [0, 0.1) is 11.8 Å². The second-order valence-corrected chi connectivity index (χ2v) is 9.27. The molecular weight excluding hydrogens is 353 g/mol. The van der Waals surface area contributed by atoms with Crippen molar-refractivity contribution < 1.29 is 19.3 Å². The van der Waals surface area contributed by atoms with Crippen molar-refractivity contribution in [3.8, 4) is 0 Å². The fraction of sp³-hybridized carbons (Fsp3) is 0.611. The van der Waals surface area contributed by atoms with Crippen LogP contribution in [0.3, 0.4) is 0 Å². The molecule has 2 unspecified atom stereocenters. The van der Waals surface area contributed by atoms with Gasteiger partial charge in [0.2, 0.25) is 0 Å². The molecule has 1 heterocycles. The van der Waals surface area contributed by atoms with Gasteiger partial charge >= 0.3 is 12.3 Å². The van der Waals surface area contributed by atoms with Crippen LogP contribution < -0.4 is 0 Å². The molecule has 25 heavy (non-hydrogen) atoms. The zero-order chi connectivity index (χ0) is 17.8. The number of aryl methyl sites for hydroxylation is 1. The van der Waals surface area contributed by atoms with Crippen molar-refractivity contribution in [1.29, 1.82) is 0 Å². The summed E-state index contributed by atoms with van der Waals surface area (Å²) < 4.78 is 11.5. The molecule has 1 aromatic carbocycles. The van der Waals surface area contributed by atoms with Gasteiger partial charge in [0.25, 0.3) is 0 Å². The monoisotopic (exact) mass is 380 g/mol. The van der Waals surface area contributed by atoms with Gasteiger partial charge in [-0.3, -0.25) is 4.79 Å². The Morgan fingerprint density at radius 3 is 2.76 bits per heavy atom. The van der Waals surface area contributed by atoms with Gasteiger partial charge in [-0.15, -0.1) is 18.2 Å². The average Bonchev–Trinajstić information content (AvgIpc) is 3.07. The molecular formula is C18H27BO4P2. The first-order valence-electron chi connectivity index (χ1n) is 9.11. The predicted molar refractivity (Wildman–Crippen MR) is 106 cm³/mol. The molecule has 0 amide bonds. The van der Waals surface area contributed by atoms with Crippen LogP contribution in [0.5, 0.6) is 0 Å². The van der Waals surface area contributed by atoms with Crippen molar-refractivity contribution in [2.24, 2.45) is 11.8 Å². The molecule has 1 saturated carbocycles. The van der Waals surface area contributed by atoms with Crippen molar-refractivity contribution in [3.63, 3.8) is 0 Å². The van der Waals surface area contributed by atoms with E-state index in [0.29, 0.717) is 6.42 Å². The lowest BCUT2D eigenvalue weighted by atomic mass is 9.86. The van der Waals surface area contributed by atoms with Gasteiger partial charge in [-0.25, -0.2) is 0 Å². The average molecular weight is 380 g/mol. The predicted octanol–water partition coefficient (Wildman–Crippen LogP) is 2.83. The van der Waals surface area contributed by atoms with Gasteiger partial charge in [0.15, 0.2) is 0 Å². The van der Waals surface area contributed by atoms with E-state index in [4.69, 9.17) is 9.39 Å². The molecule has 2 fully saturated rings. The number of carbonyl (C=O) groups excluding carboxylic acids is 1. The van der Waals surface area contributed by atoms with Crippen LogP contribution in [0.25, 0.3) is 0 Å². The van der Waals surface area contributed by atoms with E-state index in [1.54, 1.807) is 0 Å². The number of benzene rings is 1. The summed E-state index contributed by atoms with van der Waals surface area (Å²) in [4.78, 5) is 11.6. The zero-order valence-electron chi connectivity index (χ0n) is 14.4. The van der Waals surface area contributed by atoms with Crippen LogP contribution in [0.1, 0.15) is 37.7 Å². The minimum Gasteiger partial charge on any atom is -0.462 e. The van der Waals surface area contributed by atoms with Gasteiger partial charge in [-0.2, -0.15) is 0 Å². The third-order valence-corrected chi connectivity index (χ3v) is 5.74. The van der Waals surface area contributed by atoms with Gasteiger partial charge < -0.3 is 14.5 Å². The maximum atomic E-state index is 11.6. The van der Waals surface area contributed by atoms with Crippen molar-refractivity contribution in [2.75, 3.05) is 0 Å². The summed E-state index contributed by atoms with van der Waals surface area (Å²) in [5, 5.41) is 10.4. The molecule has 1 saturated heterocycles. The maximum Gasteiger partial charge on any atom is 0.336 e. The number of hydrogen-bond donors (Lipinski definition) is 1. The van der Waals surface area contributed by atoms with Gasteiger partial charge in [0.1, 0.15) is 6.10 Å².